The first kappa shape index (κ1) is 17.8. The molecule has 4 nitrogen and oxygen atoms in total. The standard InChI is InChI=1S/C19H18ClNO3/c1-14(19(23)21-13-16-6-3-2-4-7-16)24-18(22)11-10-15-8-5-9-17(20)12-15/h2-12,14H,13H2,1H3,(H,21,23)/b11-10+. The summed E-state index contributed by atoms with van der Waals surface area (Å²) in [5, 5.41) is 3.31. The molecule has 2 rings (SSSR count). The lowest BCUT2D eigenvalue weighted by atomic mass is 10.2. The van der Waals surface area contributed by atoms with Crippen molar-refractivity contribution in [2.45, 2.75) is 19.6 Å². The Bertz CT molecular complexity index is 728. The number of hydrogen-bond donors (Lipinski definition) is 1. The Hall–Kier alpha value is -2.59. The highest BCUT2D eigenvalue weighted by atomic mass is 35.5. The van der Waals surface area contributed by atoms with Crippen LogP contribution in [-0.2, 0) is 20.9 Å². The van der Waals surface area contributed by atoms with Crippen molar-refractivity contribution in [1.29, 1.82) is 0 Å². The van der Waals surface area contributed by atoms with Gasteiger partial charge in [-0.05, 0) is 36.3 Å². The lowest BCUT2D eigenvalue weighted by Crippen LogP contribution is -2.35. The molecule has 124 valence electrons. The maximum atomic E-state index is 11.9. The average molecular weight is 344 g/mol. The first-order valence-electron chi connectivity index (χ1n) is 7.50. The Balaban J connectivity index is 1.81. The number of nitrogens with one attached hydrogen (secondary N) is 1. The Labute approximate surface area is 146 Å². The molecule has 1 N–H and O–H groups in total. The van der Waals surface area contributed by atoms with Gasteiger partial charge in [-0.15, -0.1) is 0 Å². The van der Waals surface area contributed by atoms with Crippen LogP contribution in [0.4, 0.5) is 0 Å². The monoisotopic (exact) mass is 343 g/mol. The molecule has 5 heteroatoms. The van der Waals surface area contributed by atoms with Crippen molar-refractivity contribution in [1.82, 2.24) is 5.32 Å². The number of rotatable bonds is 6. The number of carbonyl (C=O) groups excluding carboxylic acids is 2. The maximum absolute atomic E-state index is 11.9. The molecule has 1 unspecified atom stereocenters. The summed E-state index contributed by atoms with van der Waals surface area (Å²) >= 11 is 5.87. The van der Waals surface area contributed by atoms with E-state index >= 15 is 0 Å². The zero-order valence-electron chi connectivity index (χ0n) is 13.2. The van der Waals surface area contributed by atoms with E-state index in [2.05, 4.69) is 5.32 Å². The van der Waals surface area contributed by atoms with Crippen LogP contribution in [0.25, 0.3) is 6.08 Å². The van der Waals surface area contributed by atoms with E-state index in [-0.39, 0.29) is 5.91 Å². The Kier molecular flexibility index (Phi) is 6.58. The lowest BCUT2D eigenvalue weighted by molar-refractivity contribution is -0.150. The van der Waals surface area contributed by atoms with Crippen molar-refractivity contribution < 1.29 is 14.3 Å². The number of halogens is 1. The van der Waals surface area contributed by atoms with Crippen molar-refractivity contribution in [3.05, 3.63) is 76.8 Å². The quantitative estimate of drug-likeness (QED) is 0.644. The minimum atomic E-state index is -0.870. The summed E-state index contributed by atoms with van der Waals surface area (Å²) in [6.45, 7) is 1.92. The van der Waals surface area contributed by atoms with Crippen LogP contribution < -0.4 is 5.32 Å². The maximum Gasteiger partial charge on any atom is 0.331 e. The molecule has 0 radical (unpaired) electrons. The number of benzene rings is 2. The molecule has 0 saturated carbocycles. The normalized spacial score (nSPS) is 11.9. The molecule has 0 aromatic heterocycles. The second kappa shape index (κ2) is 8.89. The molecule has 0 spiro atoms. The van der Waals surface area contributed by atoms with Crippen molar-refractivity contribution in [2.75, 3.05) is 0 Å². The van der Waals surface area contributed by atoms with Crippen LogP contribution in [-0.4, -0.2) is 18.0 Å². The van der Waals surface area contributed by atoms with Gasteiger partial charge in [-0.2, -0.15) is 0 Å². The fraction of sp³-hybridized carbons (Fsp3) is 0.158. The van der Waals surface area contributed by atoms with E-state index in [1.54, 1.807) is 24.3 Å². The van der Waals surface area contributed by atoms with E-state index in [0.29, 0.717) is 11.6 Å². The van der Waals surface area contributed by atoms with E-state index in [9.17, 15) is 9.59 Å². The van der Waals surface area contributed by atoms with Gasteiger partial charge in [0.1, 0.15) is 0 Å². The van der Waals surface area contributed by atoms with Gasteiger partial charge < -0.3 is 10.1 Å². The first-order valence-corrected chi connectivity index (χ1v) is 7.88. The number of amides is 1. The van der Waals surface area contributed by atoms with Crippen LogP contribution in [0.1, 0.15) is 18.1 Å². The minimum Gasteiger partial charge on any atom is -0.449 e. The molecule has 1 atom stereocenters. The van der Waals surface area contributed by atoms with Crippen molar-refractivity contribution in [3.63, 3.8) is 0 Å². The SMILES string of the molecule is CC(OC(=O)/C=C/c1cccc(Cl)c1)C(=O)NCc1ccccc1. The predicted molar refractivity (Wildman–Crippen MR) is 94.3 cm³/mol. The first-order chi connectivity index (χ1) is 11.5. The number of carbonyl (C=O) groups is 2. The van der Waals surface area contributed by atoms with Crippen molar-refractivity contribution in [2.24, 2.45) is 0 Å². The molecule has 0 aliphatic rings. The fourth-order valence-electron chi connectivity index (χ4n) is 1.97. The van der Waals surface area contributed by atoms with Gasteiger partial charge in [0.25, 0.3) is 5.91 Å². The van der Waals surface area contributed by atoms with Crippen LogP contribution >= 0.6 is 11.6 Å². The van der Waals surface area contributed by atoms with E-state index in [1.807, 2.05) is 36.4 Å². The Morgan fingerprint density at radius 3 is 2.62 bits per heavy atom. The minimum absolute atomic E-state index is 0.344. The van der Waals surface area contributed by atoms with Gasteiger partial charge in [0.15, 0.2) is 6.10 Å². The van der Waals surface area contributed by atoms with E-state index in [1.165, 1.54) is 13.0 Å². The van der Waals surface area contributed by atoms with Gasteiger partial charge in [-0.25, -0.2) is 4.79 Å². The number of esters is 1. The zero-order chi connectivity index (χ0) is 17.4. The molecule has 24 heavy (non-hydrogen) atoms. The lowest BCUT2D eigenvalue weighted by Gasteiger charge is -2.12. The topological polar surface area (TPSA) is 55.4 Å². The smallest absolute Gasteiger partial charge is 0.331 e. The highest BCUT2D eigenvalue weighted by molar-refractivity contribution is 6.30. The largest absolute Gasteiger partial charge is 0.449 e. The highest BCUT2D eigenvalue weighted by Gasteiger charge is 2.15. The molecule has 0 aliphatic carbocycles. The zero-order valence-corrected chi connectivity index (χ0v) is 14.0. The predicted octanol–water partition coefficient (Wildman–Crippen LogP) is 3.60. The molecule has 1 amide bonds. The molecule has 0 saturated heterocycles. The molecular formula is C19H18ClNO3. The molecule has 0 fully saturated rings. The molecule has 2 aromatic rings. The van der Waals surface area contributed by atoms with E-state index < -0.39 is 12.1 Å². The van der Waals surface area contributed by atoms with Gasteiger partial charge in [0.05, 0.1) is 0 Å². The molecule has 0 bridgehead atoms. The second-order valence-corrected chi connectivity index (χ2v) is 5.61. The van der Waals surface area contributed by atoms with Gasteiger partial charge in [0.2, 0.25) is 0 Å². The Morgan fingerprint density at radius 1 is 1.17 bits per heavy atom. The summed E-state index contributed by atoms with van der Waals surface area (Å²) in [5.74, 6) is -0.930. The molecule has 0 aliphatic heterocycles. The molecule has 2 aromatic carbocycles. The summed E-state index contributed by atoms with van der Waals surface area (Å²) in [7, 11) is 0. The van der Waals surface area contributed by atoms with Crippen LogP contribution in [0.3, 0.4) is 0 Å². The summed E-state index contributed by atoms with van der Waals surface area (Å²) < 4.78 is 5.08. The van der Waals surface area contributed by atoms with Crippen molar-refractivity contribution >= 4 is 29.6 Å². The number of hydrogen-bond acceptors (Lipinski definition) is 3. The summed E-state index contributed by atoms with van der Waals surface area (Å²) in [6, 6.07) is 16.6. The highest BCUT2D eigenvalue weighted by Crippen LogP contribution is 2.12. The second-order valence-electron chi connectivity index (χ2n) is 5.17. The Morgan fingerprint density at radius 2 is 1.92 bits per heavy atom. The van der Waals surface area contributed by atoms with Crippen LogP contribution in [0, 0.1) is 0 Å². The fourth-order valence-corrected chi connectivity index (χ4v) is 2.17. The van der Waals surface area contributed by atoms with Crippen molar-refractivity contribution in [3.8, 4) is 0 Å². The van der Waals surface area contributed by atoms with Crippen LogP contribution in [0.15, 0.2) is 60.7 Å². The summed E-state index contributed by atoms with van der Waals surface area (Å²) in [6.07, 6.45) is 1.99. The summed E-state index contributed by atoms with van der Waals surface area (Å²) in [5.41, 5.74) is 1.76. The summed E-state index contributed by atoms with van der Waals surface area (Å²) in [4.78, 5) is 23.7. The van der Waals surface area contributed by atoms with E-state index in [4.69, 9.17) is 16.3 Å². The van der Waals surface area contributed by atoms with Crippen LogP contribution in [0.5, 0.6) is 0 Å². The van der Waals surface area contributed by atoms with E-state index in [0.717, 1.165) is 11.1 Å². The third-order valence-electron chi connectivity index (χ3n) is 3.23. The third kappa shape index (κ3) is 5.89. The van der Waals surface area contributed by atoms with Gasteiger partial charge in [-0.3, -0.25) is 4.79 Å². The number of ether oxygens (including phenoxy) is 1. The molecule has 0 heterocycles. The van der Waals surface area contributed by atoms with Gasteiger partial charge in [-0.1, -0.05) is 54.1 Å². The van der Waals surface area contributed by atoms with Gasteiger partial charge >= 0.3 is 5.97 Å². The average Bonchev–Trinajstić information content (AvgIpc) is 2.59. The third-order valence-corrected chi connectivity index (χ3v) is 3.47. The van der Waals surface area contributed by atoms with Crippen LogP contribution in [0.2, 0.25) is 5.02 Å². The molecular weight excluding hydrogens is 326 g/mol. The van der Waals surface area contributed by atoms with Gasteiger partial charge in [0, 0.05) is 17.6 Å².